The van der Waals surface area contributed by atoms with Gasteiger partial charge in [0.2, 0.25) is 0 Å². The zero-order valence-corrected chi connectivity index (χ0v) is 13.8. The van der Waals surface area contributed by atoms with Crippen molar-refractivity contribution in [3.05, 3.63) is 65.2 Å². The molecule has 0 fully saturated rings. The summed E-state index contributed by atoms with van der Waals surface area (Å²) >= 11 is 0. The minimum Gasteiger partial charge on any atom is -0.493 e. The molecule has 0 saturated heterocycles. The van der Waals surface area contributed by atoms with E-state index in [-0.39, 0.29) is 5.82 Å². The average molecular weight is 323 g/mol. The Morgan fingerprint density at radius 3 is 2.38 bits per heavy atom. The Bertz CT molecular complexity index is 919. The molecule has 122 valence electrons. The van der Waals surface area contributed by atoms with Crippen LogP contribution in [0.25, 0.3) is 22.9 Å². The summed E-state index contributed by atoms with van der Waals surface area (Å²) in [4.78, 5) is 4.57. The van der Waals surface area contributed by atoms with Crippen LogP contribution in [-0.4, -0.2) is 19.2 Å². The topological polar surface area (TPSA) is 31.4 Å². The molecule has 0 N–H and O–H groups in total. The summed E-state index contributed by atoms with van der Waals surface area (Å²) < 4.78 is 24.5. The number of hydrogen-bond donors (Lipinski definition) is 0. The second-order valence-corrected chi connectivity index (χ2v) is 5.43. The highest BCUT2D eigenvalue weighted by molar-refractivity contribution is 5.93. The fourth-order valence-corrected chi connectivity index (χ4v) is 2.65. The van der Waals surface area contributed by atoms with Gasteiger partial charge in [-0.25, -0.2) is 4.39 Å². The van der Waals surface area contributed by atoms with E-state index < -0.39 is 0 Å². The highest BCUT2D eigenvalue weighted by atomic mass is 19.1. The first-order chi connectivity index (χ1) is 11.6. The van der Waals surface area contributed by atoms with Gasteiger partial charge < -0.3 is 9.47 Å². The number of nitrogens with zero attached hydrogens (tertiary/aromatic N) is 1. The van der Waals surface area contributed by atoms with E-state index in [1.54, 1.807) is 38.5 Å². The number of halogens is 1. The summed E-state index contributed by atoms with van der Waals surface area (Å²) in [7, 11) is 3.21. The third kappa shape index (κ3) is 3.08. The molecule has 0 atom stereocenters. The molecule has 0 aliphatic carbocycles. The summed E-state index contributed by atoms with van der Waals surface area (Å²) in [5, 5.41) is 1.92. The van der Waals surface area contributed by atoms with Crippen LogP contribution in [0.2, 0.25) is 0 Å². The molecular weight excluding hydrogens is 305 g/mol. The zero-order chi connectivity index (χ0) is 17.1. The maximum atomic E-state index is 13.8. The van der Waals surface area contributed by atoms with Crippen molar-refractivity contribution >= 4 is 22.9 Å². The van der Waals surface area contributed by atoms with Crippen LogP contribution in [-0.2, 0) is 0 Å². The van der Waals surface area contributed by atoms with Crippen molar-refractivity contribution in [2.24, 2.45) is 0 Å². The van der Waals surface area contributed by atoms with Crippen molar-refractivity contribution in [1.29, 1.82) is 0 Å². The summed E-state index contributed by atoms with van der Waals surface area (Å²) in [5.74, 6) is 1.04. The normalized spacial score (nSPS) is 11.2. The van der Waals surface area contributed by atoms with Crippen molar-refractivity contribution < 1.29 is 13.9 Å². The van der Waals surface area contributed by atoms with Gasteiger partial charge in [0.25, 0.3) is 0 Å². The lowest BCUT2D eigenvalue weighted by molar-refractivity contribution is 0.356. The number of methoxy groups -OCH3 is 2. The monoisotopic (exact) mass is 323 g/mol. The van der Waals surface area contributed by atoms with Crippen LogP contribution >= 0.6 is 0 Å². The number of pyridine rings is 1. The standard InChI is InChI=1S/C20H18FNO2/c1-13-10-15-11-19(23-2)20(24-3)12-16(15)18(22-13)9-8-14-6-4-5-7-17(14)21/h4-12H,1-3H3. The number of aryl methyl sites for hydroxylation is 1. The summed E-state index contributed by atoms with van der Waals surface area (Å²) in [5.41, 5.74) is 2.16. The van der Waals surface area contributed by atoms with E-state index in [1.165, 1.54) is 6.07 Å². The molecule has 0 bridgehead atoms. The first kappa shape index (κ1) is 16.0. The van der Waals surface area contributed by atoms with Crippen molar-refractivity contribution in [2.75, 3.05) is 14.2 Å². The van der Waals surface area contributed by atoms with Crippen LogP contribution in [0.5, 0.6) is 11.5 Å². The molecular formula is C20H18FNO2. The van der Waals surface area contributed by atoms with Gasteiger partial charge in [0.1, 0.15) is 5.82 Å². The maximum absolute atomic E-state index is 13.8. The van der Waals surface area contributed by atoms with E-state index >= 15 is 0 Å². The van der Waals surface area contributed by atoms with Crippen molar-refractivity contribution in [3.8, 4) is 11.5 Å². The van der Waals surface area contributed by atoms with Crippen LogP contribution in [0.4, 0.5) is 4.39 Å². The lowest BCUT2D eigenvalue weighted by atomic mass is 10.1. The van der Waals surface area contributed by atoms with E-state index in [2.05, 4.69) is 4.98 Å². The van der Waals surface area contributed by atoms with E-state index in [4.69, 9.17) is 9.47 Å². The smallest absolute Gasteiger partial charge is 0.161 e. The quantitative estimate of drug-likeness (QED) is 0.686. The molecule has 2 aromatic carbocycles. The van der Waals surface area contributed by atoms with E-state index in [0.29, 0.717) is 17.1 Å². The van der Waals surface area contributed by atoms with Crippen LogP contribution < -0.4 is 9.47 Å². The lowest BCUT2D eigenvalue weighted by Crippen LogP contribution is -1.94. The molecule has 1 heterocycles. The third-order valence-electron chi connectivity index (χ3n) is 3.82. The van der Waals surface area contributed by atoms with Gasteiger partial charge in [-0.1, -0.05) is 18.2 Å². The van der Waals surface area contributed by atoms with Gasteiger partial charge in [0.05, 0.1) is 19.9 Å². The Balaban J connectivity index is 2.15. The zero-order valence-electron chi connectivity index (χ0n) is 13.8. The number of hydrogen-bond acceptors (Lipinski definition) is 3. The van der Waals surface area contributed by atoms with E-state index in [1.807, 2.05) is 31.2 Å². The highest BCUT2D eigenvalue weighted by Crippen LogP contribution is 2.34. The van der Waals surface area contributed by atoms with Crippen molar-refractivity contribution in [2.45, 2.75) is 6.92 Å². The van der Waals surface area contributed by atoms with E-state index in [9.17, 15) is 4.39 Å². The summed E-state index contributed by atoms with van der Waals surface area (Å²) in [6.45, 7) is 1.93. The van der Waals surface area contributed by atoms with Crippen LogP contribution in [0, 0.1) is 12.7 Å². The number of fused-ring (bicyclic) bond motifs is 1. The Morgan fingerprint density at radius 2 is 1.67 bits per heavy atom. The molecule has 0 aliphatic heterocycles. The minimum atomic E-state index is -0.259. The van der Waals surface area contributed by atoms with Gasteiger partial charge in [0.15, 0.2) is 11.5 Å². The minimum absolute atomic E-state index is 0.259. The molecule has 3 aromatic rings. The first-order valence-electron chi connectivity index (χ1n) is 7.58. The number of aromatic nitrogens is 1. The molecule has 0 unspecified atom stereocenters. The van der Waals surface area contributed by atoms with Gasteiger partial charge in [-0.15, -0.1) is 0 Å². The number of benzene rings is 2. The second kappa shape index (κ2) is 6.71. The van der Waals surface area contributed by atoms with Gasteiger partial charge in [-0.05, 0) is 48.7 Å². The maximum Gasteiger partial charge on any atom is 0.161 e. The Kier molecular flexibility index (Phi) is 4.47. The van der Waals surface area contributed by atoms with Gasteiger partial charge in [-0.2, -0.15) is 0 Å². The molecule has 0 amide bonds. The van der Waals surface area contributed by atoms with Crippen LogP contribution in [0.3, 0.4) is 0 Å². The molecule has 0 saturated carbocycles. The number of ether oxygens (including phenoxy) is 2. The molecule has 0 spiro atoms. The van der Waals surface area contributed by atoms with E-state index in [0.717, 1.165) is 22.2 Å². The summed E-state index contributed by atoms with van der Waals surface area (Å²) in [6, 6.07) is 12.4. The van der Waals surface area contributed by atoms with Crippen molar-refractivity contribution in [3.63, 3.8) is 0 Å². The first-order valence-corrected chi connectivity index (χ1v) is 7.58. The number of rotatable bonds is 4. The molecule has 3 rings (SSSR count). The predicted octanol–water partition coefficient (Wildman–Crippen LogP) is 4.87. The Morgan fingerprint density at radius 1 is 0.958 bits per heavy atom. The lowest BCUT2D eigenvalue weighted by Gasteiger charge is -2.11. The van der Waals surface area contributed by atoms with Crippen LogP contribution in [0.15, 0.2) is 42.5 Å². The molecule has 4 heteroatoms. The van der Waals surface area contributed by atoms with Gasteiger partial charge in [-0.3, -0.25) is 4.98 Å². The molecule has 24 heavy (non-hydrogen) atoms. The van der Waals surface area contributed by atoms with Gasteiger partial charge in [0, 0.05) is 16.6 Å². The fourth-order valence-electron chi connectivity index (χ4n) is 2.65. The largest absolute Gasteiger partial charge is 0.493 e. The molecule has 0 aliphatic rings. The predicted molar refractivity (Wildman–Crippen MR) is 94.9 cm³/mol. The highest BCUT2D eigenvalue weighted by Gasteiger charge is 2.10. The SMILES string of the molecule is COc1cc2cc(C)nc(C=Cc3ccccc3F)c2cc1OC. The summed E-state index contributed by atoms with van der Waals surface area (Å²) in [6.07, 6.45) is 3.55. The molecule has 0 radical (unpaired) electrons. The van der Waals surface area contributed by atoms with Crippen LogP contribution in [0.1, 0.15) is 17.0 Å². The Labute approximate surface area is 140 Å². The second-order valence-electron chi connectivity index (χ2n) is 5.43. The molecule has 3 nitrogen and oxygen atoms in total. The van der Waals surface area contributed by atoms with Gasteiger partial charge >= 0.3 is 0 Å². The average Bonchev–Trinajstić information content (AvgIpc) is 2.59. The third-order valence-corrected chi connectivity index (χ3v) is 3.82. The fraction of sp³-hybridized carbons (Fsp3) is 0.150. The Hall–Kier alpha value is -2.88. The van der Waals surface area contributed by atoms with Crippen molar-refractivity contribution in [1.82, 2.24) is 4.98 Å². The molecule has 1 aromatic heterocycles.